The molecule has 1 aromatic rings. The van der Waals surface area contributed by atoms with Crippen LogP contribution in [0, 0.1) is 11.3 Å². The molecule has 1 saturated carbocycles. The van der Waals surface area contributed by atoms with E-state index in [-0.39, 0.29) is 5.41 Å². The van der Waals surface area contributed by atoms with E-state index in [9.17, 15) is 5.11 Å². The van der Waals surface area contributed by atoms with Gasteiger partial charge in [-0.15, -0.1) is 0 Å². The second-order valence-electron chi connectivity index (χ2n) is 7.31. The lowest BCUT2D eigenvalue weighted by Gasteiger charge is -2.52. The van der Waals surface area contributed by atoms with Crippen LogP contribution in [0.25, 0.3) is 0 Å². The van der Waals surface area contributed by atoms with Crippen molar-refractivity contribution >= 4 is 15.9 Å². The van der Waals surface area contributed by atoms with Crippen molar-refractivity contribution in [1.82, 2.24) is 0 Å². The van der Waals surface area contributed by atoms with Crippen molar-refractivity contribution in [3.05, 3.63) is 33.8 Å². The third kappa shape index (κ3) is 2.69. The molecule has 0 bridgehead atoms. The number of hydrogen-bond donors (Lipinski definition) is 2. The molecule has 3 atom stereocenters. The number of aliphatic hydroxyl groups is 1. The summed E-state index contributed by atoms with van der Waals surface area (Å²) in [4.78, 5) is 0. The maximum atomic E-state index is 11.5. The van der Waals surface area contributed by atoms with Crippen LogP contribution < -0.4 is 5.73 Å². The number of aryl methyl sites for hydroxylation is 1. The van der Waals surface area contributed by atoms with E-state index in [1.165, 1.54) is 24.0 Å². The van der Waals surface area contributed by atoms with Gasteiger partial charge in [0.25, 0.3) is 0 Å². The van der Waals surface area contributed by atoms with Crippen LogP contribution in [0.5, 0.6) is 0 Å². The Morgan fingerprint density at radius 2 is 2.14 bits per heavy atom. The fourth-order valence-electron chi connectivity index (χ4n) is 4.66. The van der Waals surface area contributed by atoms with Crippen molar-refractivity contribution in [3.8, 4) is 0 Å². The summed E-state index contributed by atoms with van der Waals surface area (Å²) in [5.41, 5.74) is 8.16. The van der Waals surface area contributed by atoms with Gasteiger partial charge < -0.3 is 10.8 Å². The molecule has 3 unspecified atom stereocenters. The zero-order valence-corrected chi connectivity index (χ0v) is 14.5. The molecule has 116 valence electrons. The van der Waals surface area contributed by atoms with Crippen molar-refractivity contribution in [1.29, 1.82) is 0 Å². The molecule has 21 heavy (non-hydrogen) atoms. The first-order chi connectivity index (χ1) is 9.98. The van der Waals surface area contributed by atoms with Crippen molar-refractivity contribution in [3.63, 3.8) is 0 Å². The van der Waals surface area contributed by atoms with Gasteiger partial charge in [-0.25, -0.2) is 0 Å². The van der Waals surface area contributed by atoms with E-state index < -0.39 is 5.60 Å². The van der Waals surface area contributed by atoms with Gasteiger partial charge in [-0.2, -0.15) is 0 Å². The van der Waals surface area contributed by atoms with Crippen LogP contribution in [0.3, 0.4) is 0 Å². The molecule has 0 aromatic heterocycles. The predicted molar refractivity (Wildman–Crippen MR) is 90.2 cm³/mol. The van der Waals surface area contributed by atoms with E-state index in [1.54, 1.807) is 0 Å². The molecule has 3 heteroatoms. The summed E-state index contributed by atoms with van der Waals surface area (Å²) in [5, 5.41) is 11.5. The third-order valence-electron chi connectivity index (χ3n) is 5.93. The van der Waals surface area contributed by atoms with Gasteiger partial charge in [0.05, 0.1) is 5.60 Å². The van der Waals surface area contributed by atoms with E-state index in [0.717, 1.165) is 36.6 Å². The molecule has 0 radical (unpaired) electrons. The van der Waals surface area contributed by atoms with Crippen LogP contribution in [-0.2, 0) is 12.8 Å². The normalized spacial score (nSPS) is 36.3. The summed E-state index contributed by atoms with van der Waals surface area (Å²) >= 11 is 3.55. The van der Waals surface area contributed by atoms with Crippen molar-refractivity contribution in [2.75, 3.05) is 6.54 Å². The number of rotatable bonds is 2. The van der Waals surface area contributed by atoms with Gasteiger partial charge in [-0.3, -0.25) is 0 Å². The molecule has 2 aliphatic carbocycles. The lowest BCUT2D eigenvalue weighted by molar-refractivity contribution is -0.115. The summed E-state index contributed by atoms with van der Waals surface area (Å²) < 4.78 is 1.13. The molecule has 2 nitrogen and oxygen atoms in total. The Morgan fingerprint density at radius 1 is 1.33 bits per heavy atom. The zero-order chi connectivity index (χ0) is 15.1. The molecule has 0 spiro atoms. The van der Waals surface area contributed by atoms with Gasteiger partial charge in [-0.1, -0.05) is 41.8 Å². The zero-order valence-electron chi connectivity index (χ0n) is 12.9. The van der Waals surface area contributed by atoms with E-state index in [4.69, 9.17) is 5.73 Å². The molecule has 0 aliphatic heterocycles. The minimum Gasteiger partial charge on any atom is -0.389 e. The van der Waals surface area contributed by atoms with Gasteiger partial charge in [0, 0.05) is 22.9 Å². The van der Waals surface area contributed by atoms with Crippen molar-refractivity contribution in [2.24, 2.45) is 17.1 Å². The van der Waals surface area contributed by atoms with E-state index in [2.05, 4.69) is 41.1 Å². The minimum atomic E-state index is -0.628. The lowest BCUT2D eigenvalue weighted by atomic mass is 9.56. The van der Waals surface area contributed by atoms with Crippen molar-refractivity contribution in [2.45, 2.75) is 57.5 Å². The number of benzene rings is 1. The molecule has 1 fully saturated rings. The molecule has 0 amide bonds. The highest BCUT2D eigenvalue weighted by atomic mass is 79.9. The molecule has 1 aromatic carbocycles. The minimum absolute atomic E-state index is 0.0879. The average molecular weight is 352 g/mol. The summed E-state index contributed by atoms with van der Waals surface area (Å²) in [5.74, 6) is 0.678. The maximum Gasteiger partial charge on any atom is 0.0759 e. The van der Waals surface area contributed by atoms with E-state index >= 15 is 0 Å². The topological polar surface area (TPSA) is 46.2 Å². The van der Waals surface area contributed by atoms with E-state index in [1.807, 2.05) is 0 Å². The Hall–Kier alpha value is -0.380. The molecule has 0 saturated heterocycles. The molecule has 3 N–H and O–H groups in total. The first-order valence-electron chi connectivity index (χ1n) is 8.18. The monoisotopic (exact) mass is 351 g/mol. The summed E-state index contributed by atoms with van der Waals surface area (Å²) in [6.07, 6.45) is 7.21. The Balaban J connectivity index is 1.92. The third-order valence-corrected chi connectivity index (χ3v) is 6.42. The average Bonchev–Trinajstić information content (AvgIpc) is 2.47. The summed E-state index contributed by atoms with van der Waals surface area (Å²) in [6, 6.07) is 6.46. The van der Waals surface area contributed by atoms with E-state index in [0.29, 0.717) is 12.5 Å². The quantitative estimate of drug-likeness (QED) is 0.850. The maximum absolute atomic E-state index is 11.5. The fourth-order valence-corrected chi connectivity index (χ4v) is 5.06. The molecule has 0 heterocycles. The highest BCUT2D eigenvalue weighted by molar-refractivity contribution is 9.10. The van der Waals surface area contributed by atoms with Crippen LogP contribution in [0.4, 0.5) is 0 Å². The van der Waals surface area contributed by atoms with Gasteiger partial charge >= 0.3 is 0 Å². The van der Waals surface area contributed by atoms with Crippen LogP contribution in [0.1, 0.15) is 50.2 Å². The summed E-state index contributed by atoms with van der Waals surface area (Å²) in [7, 11) is 0. The molecule has 3 rings (SSSR count). The lowest BCUT2D eigenvalue weighted by Crippen LogP contribution is -2.57. The van der Waals surface area contributed by atoms with Crippen LogP contribution >= 0.6 is 15.9 Å². The smallest absolute Gasteiger partial charge is 0.0759 e. The van der Waals surface area contributed by atoms with Crippen LogP contribution in [-0.4, -0.2) is 17.3 Å². The van der Waals surface area contributed by atoms with Gasteiger partial charge in [0.15, 0.2) is 0 Å². The Morgan fingerprint density at radius 3 is 2.86 bits per heavy atom. The number of hydrogen-bond acceptors (Lipinski definition) is 2. The van der Waals surface area contributed by atoms with Crippen molar-refractivity contribution < 1.29 is 5.11 Å². The molecule has 2 aliphatic rings. The Labute approximate surface area is 136 Å². The SMILES string of the molecule is CC1CCCC(CN)(C2(O)CCc3cc(Br)ccc3C2)C1. The number of halogens is 1. The molecular weight excluding hydrogens is 326 g/mol. The van der Waals surface area contributed by atoms with Gasteiger partial charge in [-0.05, 0) is 54.9 Å². The Kier molecular flexibility index (Phi) is 4.19. The highest BCUT2D eigenvalue weighted by Crippen LogP contribution is 2.51. The largest absolute Gasteiger partial charge is 0.389 e. The molecular formula is C18H26BrNO. The first kappa shape index (κ1) is 15.5. The van der Waals surface area contributed by atoms with Crippen LogP contribution in [0.2, 0.25) is 0 Å². The Bertz CT molecular complexity index is 532. The summed E-state index contributed by atoms with van der Waals surface area (Å²) in [6.45, 7) is 2.92. The number of fused-ring (bicyclic) bond motifs is 1. The second kappa shape index (κ2) is 5.68. The second-order valence-corrected chi connectivity index (χ2v) is 8.22. The fraction of sp³-hybridized carbons (Fsp3) is 0.667. The number of nitrogens with two attached hydrogens (primary N) is 1. The first-order valence-corrected chi connectivity index (χ1v) is 8.97. The van der Waals surface area contributed by atoms with Crippen LogP contribution in [0.15, 0.2) is 22.7 Å². The highest BCUT2D eigenvalue weighted by Gasteiger charge is 2.51. The predicted octanol–water partition coefficient (Wildman–Crippen LogP) is 3.82. The van der Waals surface area contributed by atoms with Gasteiger partial charge in [0.2, 0.25) is 0 Å². The van der Waals surface area contributed by atoms with Gasteiger partial charge in [0.1, 0.15) is 0 Å². The standard InChI is InChI=1S/C18H26BrNO/c1-13-3-2-7-17(10-13,12-20)18(21)8-6-14-9-16(19)5-4-15(14)11-18/h4-5,9,13,21H,2-3,6-8,10-12,20H2,1H3.